The zero-order valence-corrected chi connectivity index (χ0v) is 83.1. The van der Waals surface area contributed by atoms with Crippen LogP contribution in [0.1, 0.15) is 172 Å². The summed E-state index contributed by atoms with van der Waals surface area (Å²) < 4.78 is 61.3. The molecule has 21 rings (SSSR count). The van der Waals surface area contributed by atoms with Gasteiger partial charge in [0.1, 0.15) is 51.1 Å². The van der Waals surface area contributed by atoms with Gasteiger partial charge in [-0.3, -0.25) is 24.0 Å². The van der Waals surface area contributed by atoms with Gasteiger partial charge in [-0.1, -0.05) is 146 Å². The molecule has 8 aromatic carbocycles. The van der Waals surface area contributed by atoms with Gasteiger partial charge >= 0.3 is 24.8 Å². The second-order valence-electron chi connectivity index (χ2n) is 37.8. The first-order valence-electron chi connectivity index (χ1n) is 48.4. The average molecular weight is 1900 g/mol. The fourth-order valence-electron chi connectivity index (χ4n) is 21.0. The maximum atomic E-state index is 14.0. The second kappa shape index (κ2) is 43.6. The Morgan fingerprint density at radius 2 is 0.775 bits per heavy atom. The first-order chi connectivity index (χ1) is 67.9. The first-order valence-corrected chi connectivity index (χ1v) is 48.4. The van der Waals surface area contributed by atoms with Crippen LogP contribution in [0.25, 0.3) is 88.1 Å². The first kappa shape index (κ1) is 101. The van der Waals surface area contributed by atoms with Gasteiger partial charge in [-0.15, -0.1) is 0 Å². The average Bonchev–Trinajstić information content (AvgIpc) is 1.25. The van der Waals surface area contributed by atoms with Gasteiger partial charge in [-0.05, 0) is 257 Å². The van der Waals surface area contributed by atoms with Crippen molar-refractivity contribution in [2.75, 3.05) is 40.1 Å². The number of aldehydes is 1. The number of hydrogen-bond donors (Lipinski definition) is 1. The molecule has 3 unspecified atom stereocenters. The van der Waals surface area contributed by atoms with Gasteiger partial charge < -0.3 is 85.0 Å². The van der Waals surface area contributed by atoms with E-state index >= 15 is 0 Å². The molecule has 1 fully saturated rings. The van der Waals surface area contributed by atoms with E-state index in [2.05, 4.69) is 70.2 Å². The molecule has 0 amide bonds. The monoisotopic (exact) mass is 1900 g/mol. The van der Waals surface area contributed by atoms with Crippen molar-refractivity contribution in [1.29, 1.82) is 5.26 Å². The third-order valence-electron chi connectivity index (χ3n) is 28.1. The molecule has 0 bridgehead atoms. The van der Waals surface area contributed by atoms with E-state index in [1.165, 1.54) is 28.4 Å². The van der Waals surface area contributed by atoms with Gasteiger partial charge in [0, 0.05) is 130 Å². The van der Waals surface area contributed by atoms with Crippen LogP contribution in [-0.4, -0.2) is 111 Å². The zero-order chi connectivity index (χ0) is 97.9. The zero-order valence-electron chi connectivity index (χ0n) is 83.1. The van der Waals surface area contributed by atoms with E-state index in [9.17, 15) is 39.1 Å². The van der Waals surface area contributed by atoms with Crippen LogP contribution in [0.15, 0.2) is 238 Å². The summed E-state index contributed by atoms with van der Waals surface area (Å²) in [6.45, 7) is 19.7. The maximum Gasteiger partial charge on any atom is 1.00 e. The second-order valence-corrected chi connectivity index (χ2v) is 37.8. The number of aromatic nitrogens is 8. The number of rotatable bonds is 20. The summed E-state index contributed by atoms with van der Waals surface area (Å²) in [5, 5.41) is 23.9. The van der Waals surface area contributed by atoms with Crippen molar-refractivity contribution in [3.05, 3.63) is 350 Å². The quantitative estimate of drug-likeness (QED) is 0.0421. The number of carbonyl (C=O) groups is 2. The van der Waals surface area contributed by atoms with Crippen LogP contribution in [0.4, 0.5) is 0 Å². The van der Waals surface area contributed by atoms with E-state index in [0.717, 1.165) is 236 Å². The molecule has 5 aliphatic heterocycles. The number of carbonyl (C=O) groups excluding carboxylic acids is 2. The number of hydrogen-bond acceptors (Lipinski definition) is 17. The van der Waals surface area contributed by atoms with E-state index in [1.807, 2.05) is 222 Å². The number of ether oxygens (including phenoxy) is 8. The summed E-state index contributed by atoms with van der Waals surface area (Å²) in [5.41, 5.74) is 24.2. The van der Waals surface area contributed by atoms with Gasteiger partial charge in [0.05, 0.1) is 68.5 Å². The number of benzene rings is 8. The SMILES string of the molecule is COC(=O)C(OC(C)(C)C)c1c(-c2ccc3c(c2C)CCCO3)c2ccn(Cc3ccccc3)c2c(=O)n1C.Cc1c(-c2c(C(C#N)OC3CCCCO3)n(C)c(=O)c3c2ccn3Cc2ccccc2)ccc2c1CCCO2.Cc1c(-c2c(C=O)n(C)c(=O)c3c2ccn3Cc2ccccc2)ccc2c1CCCO2.Cc1c(-c2c(CO)n(C)c(=O)c3c2ccn3Cc2ccccc2)ccc2c1CCCO2.[Li+].[OH-]. The molecule has 3 atom stereocenters. The van der Waals surface area contributed by atoms with Crippen LogP contribution >= 0.6 is 0 Å². The molecule has 0 spiro atoms. The number of fused-ring (bicyclic) bond motifs is 8. The van der Waals surface area contributed by atoms with Gasteiger partial charge in [-0.25, -0.2) is 4.79 Å². The van der Waals surface area contributed by atoms with Crippen LogP contribution in [0.2, 0.25) is 0 Å². The number of pyridine rings is 4. The van der Waals surface area contributed by atoms with Crippen molar-refractivity contribution in [2.45, 2.75) is 176 Å². The van der Waals surface area contributed by atoms with Crippen LogP contribution in [0.3, 0.4) is 0 Å². The Hall–Kier alpha value is -14.1. The smallest absolute Gasteiger partial charge is 0.870 e. The number of methoxy groups -OCH3 is 1. The van der Waals surface area contributed by atoms with Gasteiger partial charge in [0.15, 0.2) is 24.8 Å². The van der Waals surface area contributed by atoms with Crippen molar-refractivity contribution >= 4 is 55.9 Å². The van der Waals surface area contributed by atoms with Crippen LogP contribution in [0, 0.1) is 39.0 Å². The molecule has 142 heavy (non-hydrogen) atoms. The normalized spacial score (nSPS) is 14.5. The third-order valence-corrected chi connectivity index (χ3v) is 28.1. The van der Waals surface area contributed by atoms with Crippen molar-refractivity contribution in [1.82, 2.24) is 36.5 Å². The minimum absolute atomic E-state index is 0. The third kappa shape index (κ3) is 19.8. The molecule has 2 N–H and O–H groups in total. The Bertz CT molecular complexity index is 7720. The standard InChI is InChI=1S/C32H33N3O4.C32H36N2O5.C26H26N2O3.C26H24N2O3.Li.H2O/c1-21-23-11-8-18-37-26(23)14-13-24(21)29-25-15-16-35(20-22-9-4-3-5-10-22)30(25)32(36)34(2)31(29)27(19-33)39-28-12-6-7-17-38-28;1-20-22-13-10-18-38-25(22)15-14-23(20)26-24-16-17-34(19-21-11-8-7-9-12-21)27(24)30(35)33(5)28(26)29(31(36)37-6)39-32(2,3)4;2*1-17-19-9-6-14-31-23(19)11-10-20(17)24-21-12-13-28(15-18-7-4-3-5-8-18)25(21)26(30)27(2)22(24)16-29;;/h3-5,9-10,13-16,27-28H,6-8,11-12,17-18,20H2,1-2H3;7-9,11-12,14-17,29H,10,13,18-19H2,1-6H3;3-5,7-8,10-13,29H,6,9,14-16H2,1-2H3;3-5,7-8,10-13,16H,6,9,14-15H2,1-2H3;;1H2/q;;;;+1;/p-1. The summed E-state index contributed by atoms with van der Waals surface area (Å²) >= 11 is 0. The van der Waals surface area contributed by atoms with E-state index < -0.39 is 30.1 Å². The molecular formula is C116H120LiN9O16. The molecule has 726 valence electrons. The van der Waals surface area contributed by atoms with Crippen molar-refractivity contribution < 1.29 is 76.9 Å². The molecule has 0 saturated carbocycles. The Labute approximate surface area is 837 Å². The molecule has 26 heteroatoms. The number of nitrogens with zero attached hydrogens (tertiary/aromatic N) is 9. The van der Waals surface area contributed by atoms with Gasteiger partial charge in [0.25, 0.3) is 22.2 Å². The van der Waals surface area contributed by atoms with E-state index in [0.29, 0.717) is 84.2 Å². The minimum Gasteiger partial charge on any atom is -0.870 e. The number of nitriles is 1. The number of aliphatic hydroxyl groups is 1. The van der Waals surface area contributed by atoms with Crippen molar-refractivity contribution in [3.8, 4) is 73.6 Å². The summed E-state index contributed by atoms with van der Waals surface area (Å²) in [5.74, 6) is 3.12. The number of esters is 1. The molecular weight excluding hydrogens is 1780 g/mol. The van der Waals surface area contributed by atoms with E-state index in [-0.39, 0.29) is 53.2 Å². The predicted molar refractivity (Wildman–Crippen MR) is 549 cm³/mol. The van der Waals surface area contributed by atoms with Crippen molar-refractivity contribution in [2.24, 2.45) is 28.2 Å². The Morgan fingerprint density at radius 3 is 1.11 bits per heavy atom. The van der Waals surface area contributed by atoms with Gasteiger partial charge in [-0.2, -0.15) is 5.26 Å². The van der Waals surface area contributed by atoms with E-state index in [4.69, 9.17) is 37.9 Å². The van der Waals surface area contributed by atoms with Crippen LogP contribution < -0.4 is 60.0 Å². The van der Waals surface area contributed by atoms with Gasteiger partial charge in [0.2, 0.25) is 0 Å². The van der Waals surface area contributed by atoms with Crippen LogP contribution in [0.5, 0.6) is 23.0 Å². The Kier molecular flexibility index (Phi) is 31.0. The summed E-state index contributed by atoms with van der Waals surface area (Å²) in [7, 11) is 8.21. The minimum atomic E-state index is -1.10. The molecule has 25 nitrogen and oxygen atoms in total. The predicted octanol–water partition coefficient (Wildman–Crippen LogP) is 17.0. The molecule has 0 aliphatic carbocycles. The van der Waals surface area contributed by atoms with Crippen LogP contribution in [-0.2, 0) is 110 Å². The number of aliphatic hydroxyl groups excluding tert-OH is 1. The van der Waals surface area contributed by atoms with Crippen molar-refractivity contribution in [3.63, 3.8) is 0 Å². The molecule has 13 heterocycles. The Morgan fingerprint density at radius 1 is 0.444 bits per heavy atom. The molecule has 5 aliphatic rings. The molecule has 0 radical (unpaired) electrons. The maximum absolute atomic E-state index is 14.0. The fourth-order valence-corrected chi connectivity index (χ4v) is 21.0. The fraction of sp³-hybridized carbons (Fsp3) is 0.319. The molecule has 8 aromatic heterocycles. The largest absolute Gasteiger partial charge is 1.00 e. The molecule has 1 saturated heterocycles. The molecule has 16 aromatic rings. The summed E-state index contributed by atoms with van der Waals surface area (Å²) in [4.78, 5) is 79.9. The topological polar surface area (TPSA) is 290 Å². The summed E-state index contributed by atoms with van der Waals surface area (Å²) in [6, 6.07) is 66.8. The van der Waals surface area contributed by atoms with E-state index in [1.54, 1.807) is 41.9 Å². The Balaban J connectivity index is 0.000000136. The summed E-state index contributed by atoms with van der Waals surface area (Å²) in [6.07, 6.45) is 16.4.